The first kappa shape index (κ1) is 73.5. The molecule has 0 saturated heterocycles. The molecule has 4 aromatic heterocycles. The predicted molar refractivity (Wildman–Crippen MR) is 413 cm³/mol. The summed E-state index contributed by atoms with van der Waals surface area (Å²) in [6.07, 6.45) is 38.8. The summed E-state index contributed by atoms with van der Waals surface area (Å²) in [5.74, 6) is 0.715. The smallest absolute Gasteiger partial charge is 0.148 e. The van der Waals surface area contributed by atoms with Gasteiger partial charge in [-0.15, -0.1) is 0 Å². The van der Waals surface area contributed by atoms with Crippen molar-refractivity contribution in [2.45, 2.75) is 122 Å². The summed E-state index contributed by atoms with van der Waals surface area (Å²) in [6, 6.07) is 27.7. The number of hydrogen-bond acceptors (Lipinski definition) is 2. The van der Waals surface area contributed by atoms with E-state index in [1.807, 2.05) is 128 Å². The van der Waals surface area contributed by atoms with E-state index in [1.165, 1.54) is 83.1 Å². The molecular formula is C88H99N5. The molecule has 0 amide bonds. The Labute approximate surface area is 557 Å². The Kier molecular flexibility index (Phi) is 28.9. The summed E-state index contributed by atoms with van der Waals surface area (Å²) >= 11 is 0. The van der Waals surface area contributed by atoms with Crippen molar-refractivity contribution in [1.82, 2.24) is 23.7 Å². The fraction of sp³-hybridized carbons (Fsp3) is 0.205. The molecule has 0 aliphatic heterocycles. The van der Waals surface area contributed by atoms with Gasteiger partial charge >= 0.3 is 0 Å². The third kappa shape index (κ3) is 16.6. The van der Waals surface area contributed by atoms with Gasteiger partial charge in [-0.2, -0.15) is 0 Å². The zero-order valence-electron chi connectivity index (χ0n) is 57.9. The number of benzene rings is 3. The molecule has 5 nitrogen and oxygen atoms in total. The first-order valence-electron chi connectivity index (χ1n) is 32.7. The Morgan fingerprint density at radius 1 is 0.538 bits per heavy atom. The maximum absolute atomic E-state index is 5.23. The average molecular weight is 1230 g/mol. The highest BCUT2D eigenvalue weighted by Crippen LogP contribution is 2.38. The molecule has 0 radical (unpaired) electrons. The van der Waals surface area contributed by atoms with Crippen LogP contribution in [-0.2, 0) is 19.6 Å². The molecule has 0 bridgehead atoms. The van der Waals surface area contributed by atoms with Crippen LogP contribution >= 0.6 is 0 Å². The van der Waals surface area contributed by atoms with E-state index < -0.39 is 0 Å². The van der Waals surface area contributed by atoms with Gasteiger partial charge in [0.15, 0.2) is 0 Å². The second-order valence-corrected chi connectivity index (χ2v) is 21.5. The van der Waals surface area contributed by atoms with Crippen molar-refractivity contribution in [3.8, 4) is 0 Å². The number of aromatic nitrogens is 5. The van der Waals surface area contributed by atoms with Gasteiger partial charge in [0.25, 0.3) is 0 Å². The molecule has 0 unspecified atom stereocenters. The Morgan fingerprint density at radius 3 is 1.63 bits per heavy atom. The van der Waals surface area contributed by atoms with Crippen molar-refractivity contribution in [3.63, 3.8) is 0 Å². The summed E-state index contributed by atoms with van der Waals surface area (Å²) < 4.78 is 6.83. The molecule has 5 heteroatoms. The van der Waals surface area contributed by atoms with Gasteiger partial charge in [-0.1, -0.05) is 264 Å². The van der Waals surface area contributed by atoms with E-state index in [4.69, 9.17) is 9.97 Å². The van der Waals surface area contributed by atoms with E-state index >= 15 is 0 Å². The molecule has 3 aromatic carbocycles. The predicted octanol–water partition coefficient (Wildman–Crippen LogP) is 21.0. The molecule has 0 atom stereocenters. The van der Waals surface area contributed by atoms with E-state index in [-0.39, 0.29) is 0 Å². The molecule has 0 spiro atoms. The molecular weight excluding hydrogens is 1130 g/mol. The van der Waals surface area contributed by atoms with Gasteiger partial charge in [0.1, 0.15) is 5.82 Å². The number of fused-ring (bicyclic) bond motifs is 5. The molecule has 11 rings (SSSR count). The van der Waals surface area contributed by atoms with Crippen LogP contribution in [0.3, 0.4) is 0 Å². The van der Waals surface area contributed by atoms with Crippen LogP contribution in [0.1, 0.15) is 131 Å². The summed E-state index contributed by atoms with van der Waals surface area (Å²) in [5, 5.41) is 7.53. The van der Waals surface area contributed by atoms with Crippen LogP contribution in [0.15, 0.2) is 296 Å². The van der Waals surface area contributed by atoms with Crippen LogP contribution in [0, 0.1) is 0 Å². The van der Waals surface area contributed by atoms with Crippen molar-refractivity contribution < 1.29 is 0 Å². The van der Waals surface area contributed by atoms with Gasteiger partial charge in [-0.25, -0.2) is 9.97 Å². The summed E-state index contributed by atoms with van der Waals surface area (Å²) in [4.78, 5) is 10.4. The Hall–Kier alpha value is -10.3. The molecule has 476 valence electrons. The lowest BCUT2D eigenvalue weighted by Crippen LogP contribution is -2.31. The lowest BCUT2D eigenvalue weighted by atomic mass is 10.0. The fourth-order valence-electron chi connectivity index (χ4n) is 12.2. The Morgan fingerprint density at radius 2 is 1.11 bits per heavy atom. The molecule has 7 aromatic rings. The minimum absolute atomic E-state index is 0.455. The minimum Gasteiger partial charge on any atom is -0.334 e. The van der Waals surface area contributed by atoms with Crippen LogP contribution in [0.4, 0.5) is 0 Å². The van der Waals surface area contributed by atoms with Crippen molar-refractivity contribution in [3.05, 3.63) is 345 Å². The van der Waals surface area contributed by atoms with Gasteiger partial charge in [-0.3, -0.25) is 0 Å². The zero-order chi connectivity index (χ0) is 68.3. The van der Waals surface area contributed by atoms with Crippen molar-refractivity contribution >= 4 is 69.3 Å². The quantitative estimate of drug-likeness (QED) is 0.0960. The summed E-state index contributed by atoms with van der Waals surface area (Å²) in [5.41, 5.74) is 29.1. The number of para-hydroxylation sites is 3. The number of allylic oxidation sites excluding steroid dienone is 26. The zero-order valence-corrected chi connectivity index (χ0v) is 57.9. The Balaban J connectivity index is 0.000000282. The van der Waals surface area contributed by atoms with E-state index in [0.717, 1.165) is 79.5 Å². The third-order valence-electron chi connectivity index (χ3n) is 16.2. The van der Waals surface area contributed by atoms with Crippen molar-refractivity contribution in [2.75, 3.05) is 0 Å². The monoisotopic (exact) mass is 1230 g/mol. The fourth-order valence-corrected chi connectivity index (χ4v) is 12.2. The van der Waals surface area contributed by atoms with Crippen LogP contribution in [0.2, 0.25) is 0 Å². The second-order valence-electron chi connectivity index (χ2n) is 21.5. The van der Waals surface area contributed by atoms with E-state index in [9.17, 15) is 0 Å². The van der Waals surface area contributed by atoms with Gasteiger partial charge in [0.2, 0.25) is 0 Å². The molecule has 0 N–H and O–H groups in total. The number of rotatable bonds is 15. The molecule has 0 saturated carbocycles. The number of hydrogen-bond donors (Lipinski definition) is 0. The molecule has 93 heavy (non-hydrogen) atoms. The summed E-state index contributed by atoms with van der Waals surface area (Å²) in [7, 11) is 0. The highest BCUT2D eigenvalue weighted by molar-refractivity contribution is 6.08. The van der Waals surface area contributed by atoms with Crippen LogP contribution in [-0.4, -0.2) is 23.7 Å². The minimum atomic E-state index is 0.455. The number of nitrogens with zero attached hydrogens (tertiary/aromatic N) is 5. The SMILES string of the molecule is C=C/C=C1/CC(C)=C(/C=C\C)C1=C.C=C/C=C1\C(=C)CC(/C=C\C)=C1C.C=C/C=c1\c(=C)c2ccccc2n1Cc1cc(Cn2c3ccccc3c3ccccc32)nc(Cn2c(C=C)c(C=C)c3c2=CC=C=C=3)n1.C=CC1=C(C=C)C(=C/C)/C(=C\C)C1.CC.CC.CC. The highest BCUT2D eigenvalue weighted by atomic mass is 15.1. The van der Waals surface area contributed by atoms with Gasteiger partial charge < -0.3 is 13.7 Å². The first-order valence-corrected chi connectivity index (χ1v) is 32.7. The van der Waals surface area contributed by atoms with Crippen LogP contribution < -0.4 is 21.1 Å². The van der Waals surface area contributed by atoms with Crippen molar-refractivity contribution in [2.24, 2.45) is 0 Å². The van der Waals surface area contributed by atoms with Crippen LogP contribution in [0.25, 0.3) is 69.3 Å². The molecule has 4 heterocycles. The standard InChI is InChI=1S/C43H33N5.3C13H16.3C2H6/c1-5-16-38-29(4)33-17-8-12-21-39(33)46(38)26-30-25-31(27-47-41-23-14-10-19-35(41)36-20-11-15-24-42(36)47)45-43(44-30)28-48-37(7-3)32(6-2)34-18-9-13-22-40(34)48;2*1-5-7-12-9-10(3)13(8-6-2)11(12)4;1-5-10-9-11(6-2)13(8-4)12(10)7-3;3*1-2/h5-8,10-17,19-25H,1-4,26-28H2;5-8H,2-3,9H2,1,4H3;5-8H,1,4,9H2,2-3H3;5-8H,1,3,9H2,2,4H3;3*1-2H3/b38-16+;7-5-,13-8+;8-6-,12-7-;11-6-,13-8+;;;. The maximum atomic E-state index is 5.23. The maximum Gasteiger partial charge on any atom is 0.148 e. The van der Waals surface area contributed by atoms with E-state index in [1.54, 1.807) is 0 Å². The largest absolute Gasteiger partial charge is 0.334 e. The highest BCUT2D eigenvalue weighted by Gasteiger charge is 2.21. The molecule has 4 aliphatic carbocycles. The Bertz CT molecular complexity index is 4600. The van der Waals surface area contributed by atoms with E-state index in [2.05, 4.69) is 234 Å². The third-order valence-corrected chi connectivity index (χ3v) is 16.2. The normalized spacial score (nSPS) is 15.6. The van der Waals surface area contributed by atoms with Gasteiger partial charge in [0.05, 0.1) is 41.6 Å². The second kappa shape index (κ2) is 36.5. The van der Waals surface area contributed by atoms with Crippen LogP contribution in [0.5, 0.6) is 0 Å². The summed E-state index contributed by atoms with van der Waals surface area (Å²) in [6.45, 7) is 65.9. The first-order chi connectivity index (χ1) is 45.3. The van der Waals surface area contributed by atoms with E-state index in [0.29, 0.717) is 25.5 Å². The van der Waals surface area contributed by atoms with Gasteiger partial charge in [0, 0.05) is 54.5 Å². The lowest BCUT2D eigenvalue weighted by Gasteiger charge is -2.14. The molecule has 4 aliphatic rings. The van der Waals surface area contributed by atoms with Crippen molar-refractivity contribution in [1.29, 1.82) is 0 Å². The lowest BCUT2D eigenvalue weighted by molar-refractivity contribution is 0.683. The average Bonchev–Trinajstić information content (AvgIpc) is 1.64. The topological polar surface area (TPSA) is 40.6 Å². The van der Waals surface area contributed by atoms with Gasteiger partial charge in [-0.05, 0) is 171 Å². The molecule has 0 fully saturated rings.